The van der Waals surface area contributed by atoms with Gasteiger partial charge >= 0.3 is 5.97 Å². The number of rotatable bonds is 8. The third-order valence-corrected chi connectivity index (χ3v) is 6.69. The van der Waals surface area contributed by atoms with Gasteiger partial charge in [-0.05, 0) is 42.5 Å². The van der Waals surface area contributed by atoms with Gasteiger partial charge in [0.2, 0.25) is 5.78 Å². The Morgan fingerprint density at radius 3 is 2.20 bits per heavy atom. The first-order chi connectivity index (χ1) is 19.7. The molecule has 1 heterocycles. The molecular weight excluding hydrogens is 552 g/mol. The summed E-state index contributed by atoms with van der Waals surface area (Å²) in [6, 6.07) is 21.9. The molecule has 0 bridgehead atoms. The molecule has 0 aromatic heterocycles. The Labute approximate surface area is 237 Å². The number of benzene rings is 4. The minimum absolute atomic E-state index is 0.0497. The molecule has 4 aromatic rings. The molecule has 41 heavy (non-hydrogen) atoms. The van der Waals surface area contributed by atoms with Gasteiger partial charge in [0.15, 0.2) is 6.10 Å². The van der Waals surface area contributed by atoms with Crippen molar-refractivity contribution >= 4 is 46.5 Å². The van der Waals surface area contributed by atoms with Crippen LogP contribution < -0.4 is 9.64 Å². The molecule has 0 saturated carbocycles. The topological polar surface area (TPSA) is 133 Å². The second-order valence-corrected chi connectivity index (χ2v) is 9.32. The van der Waals surface area contributed by atoms with E-state index in [9.17, 15) is 29.3 Å². The third-order valence-electron chi connectivity index (χ3n) is 6.44. The molecule has 2 amide bonds. The summed E-state index contributed by atoms with van der Waals surface area (Å²) >= 11 is 5.99. The summed E-state index contributed by atoms with van der Waals surface area (Å²) in [6.45, 7) is 0. The first-order valence-electron chi connectivity index (χ1n) is 12.1. The number of fused-ring (bicyclic) bond motifs is 1. The summed E-state index contributed by atoms with van der Waals surface area (Å²) in [5.74, 6) is -2.89. The highest BCUT2D eigenvalue weighted by atomic mass is 35.5. The van der Waals surface area contributed by atoms with Crippen molar-refractivity contribution in [3.8, 4) is 5.75 Å². The average Bonchev–Trinajstić information content (AvgIpc) is 3.24. The van der Waals surface area contributed by atoms with Gasteiger partial charge in [-0.15, -0.1) is 0 Å². The molecule has 0 radical (unpaired) electrons. The lowest BCUT2D eigenvalue weighted by molar-refractivity contribution is -0.384. The SMILES string of the molecule is COc1ccc(N2C(=O)c3ccc(C(=O)O[C@@H](C(=O)c4ccccc4)c4ccc(Cl)cc4)cc3C2=O)c([N+](=O)[O-])c1. The van der Waals surface area contributed by atoms with E-state index < -0.39 is 40.3 Å². The molecule has 10 nitrogen and oxygen atoms in total. The second kappa shape index (κ2) is 11.0. The van der Waals surface area contributed by atoms with E-state index in [1.54, 1.807) is 54.6 Å². The first kappa shape index (κ1) is 27.2. The lowest BCUT2D eigenvalue weighted by atomic mass is 9.99. The van der Waals surface area contributed by atoms with Crippen LogP contribution in [0.3, 0.4) is 0 Å². The van der Waals surface area contributed by atoms with Crippen LogP contribution in [0.4, 0.5) is 11.4 Å². The smallest absolute Gasteiger partial charge is 0.339 e. The van der Waals surface area contributed by atoms with Gasteiger partial charge in [0, 0.05) is 16.1 Å². The fourth-order valence-corrected chi connectivity index (χ4v) is 4.52. The van der Waals surface area contributed by atoms with Crippen LogP contribution in [0, 0.1) is 10.1 Å². The zero-order chi connectivity index (χ0) is 29.3. The van der Waals surface area contributed by atoms with Crippen LogP contribution in [0.2, 0.25) is 5.02 Å². The molecule has 1 atom stereocenters. The molecule has 0 aliphatic carbocycles. The number of ketones is 1. The van der Waals surface area contributed by atoms with E-state index in [0.29, 0.717) is 21.0 Å². The Kier molecular flexibility index (Phi) is 7.32. The van der Waals surface area contributed by atoms with E-state index in [-0.39, 0.29) is 28.1 Å². The van der Waals surface area contributed by atoms with Gasteiger partial charge in [0.1, 0.15) is 11.4 Å². The maximum atomic E-state index is 13.3. The number of nitro benzene ring substituents is 1. The number of esters is 1. The van der Waals surface area contributed by atoms with Gasteiger partial charge in [-0.2, -0.15) is 0 Å². The number of ether oxygens (including phenoxy) is 2. The molecule has 0 N–H and O–H groups in total. The minimum Gasteiger partial charge on any atom is -0.496 e. The van der Waals surface area contributed by atoms with E-state index in [0.717, 1.165) is 6.07 Å². The van der Waals surface area contributed by atoms with Crippen molar-refractivity contribution in [2.45, 2.75) is 6.10 Å². The van der Waals surface area contributed by atoms with E-state index in [1.165, 1.54) is 37.4 Å². The van der Waals surface area contributed by atoms with E-state index in [2.05, 4.69) is 0 Å². The predicted molar refractivity (Wildman–Crippen MR) is 148 cm³/mol. The van der Waals surface area contributed by atoms with Crippen molar-refractivity contribution in [2.24, 2.45) is 0 Å². The number of carbonyl (C=O) groups is 4. The Morgan fingerprint density at radius 1 is 0.854 bits per heavy atom. The Morgan fingerprint density at radius 2 is 1.54 bits per heavy atom. The van der Waals surface area contributed by atoms with Crippen molar-refractivity contribution < 1.29 is 33.6 Å². The Hall–Kier alpha value is -5.35. The standard InChI is InChI=1S/C30H19ClN2O8/c1-40-21-12-14-24(25(16-21)33(38)39)32-28(35)22-13-9-19(15-23(22)29(32)36)30(37)41-27(18-7-10-20(31)11-8-18)26(34)17-5-3-2-4-6-17/h2-16,27H,1H3/t27-/m1/s1. The van der Waals surface area contributed by atoms with Crippen molar-refractivity contribution in [2.75, 3.05) is 12.0 Å². The van der Waals surface area contributed by atoms with Gasteiger partial charge < -0.3 is 9.47 Å². The van der Waals surface area contributed by atoms with Gasteiger partial charge in [0.05, 0.1) is 34.8 Å². The highest BCUT2D eigenvalue weighted by Crippen LogP contribution is 2.37. The average molecular weight is 571 g/mol. The number of imide groups is 1. The van der Waals surface area contributed by atoms with Crippen LogP contribution >= 0.6 is 11.6 Å². The molecule has 0 spiro atoms. The Bertz CT molecular complexity index is 1720. The van der Waals surface area contributed by atoms with Crippen LogP contribution in [-0.2, 0) is 4.74 Å². The number of Topliss-reactive ketones (excluding diaryl/α,β-unsaturated/α-hetero) is 1. The molecule has 4 aromatic carbocycles. The largest absolute Gasteiger partial charge is 0.496 e. The number of nitrogens with zero attached hydrogens (tertiary/aromatic N) is 2. The predicted octanol–water partition coefficient (Wildman–Crippen LogP) is 5.84. The lowest BCUT2D eigenvalue weighted by Gasteiger charge is -2.18. The van der Waals surface area contributed by atoms with Crippen molar-refractivity contribution in [3.05, 3.63) is 134 Å². The summed E-state index contributed by atoms with van der Waals surface area (Å²) in [7, 11) is 1.33. The van der Waals surface area contributed by atoms with Crippen molar-refractivity contribution in [1.29, 1.82) is 0 Å². The number of nitro groups is 1. The molecule has 11 heteroatoms. The molecule has 1 aliphatic heterocycles. The quantitative estimate of drug-likeness (QED) is 0.0848. The van der Waals surface area contributed by atoms with Crippen LogP contribution in [0.25, 0.3) is 0 Å². The number of hydrogen-bond acceptors (Lipinski definition) is 8. The molecule has 1 aliphatic rings. The van der Waals surface area contributed by atoms with Gasteiger partial charge in [-0.25, -0.2) is 9.69 Å². The number of carbonyl (C=O) groups excluding carboxylic acids is 4. The van der Waals surface area contributed by atoms with Gasteiger partial charge in [-0.3, -0.25) is 24.5 Å². The number of amides is 2. The van der Waals surface area contributed by atoms with Gasteiger partial charge in [-0.1, -0.05) is 54.1 Å². The van der Waals surface area contributed by atoms with Crippen molar-refractivity contribution in [3.63, 3.8) is 0 Å². The summed E-state index contributed by atoms with van der Waals surface area (Å²) in [5.41, 5.74) is -0.367. The Balaban J connectivity index is 1.47. The zero-order valence-electron chi connectivity index (χ0n) is 21.3. The molecule has 0 saturated heterocycles. The summed E-state index contributed by atoms with van der Waals surface area (Å²) < 4.78 is 10.7. The van der Waals surface area contributed by atoms with Crippen LogP contribution in [-0.4, -0.2) is 35.6 Å². The maximum absolute atomic E-state index is 13.3. The number of halogens is 1. The summed E-state index contributed by atoms with van der Waals surface area (Å²) in [6.07, 6.45) is -1.33. The highest BCUT2D eigenvalue weighted by molar-refractivity contribution is 6.35. The van der Waals surface area contributed by atoms with Crippen LogP contribution in [0.15, 0.2) is 91.0 Å². The monoisotopic (exact) mass is 570 g/mol. The van der Waals surface area contributed by atoms with Crippen molar-refractivity contribution in [1.82, 2.24) is 0 Å². The molecule has 204 valence electrons. The van der Waals surface area contributed by atoms with E-state index in [1.807, 2.05) is 0 Å². The molecule has 5 rings (SSSR count). The number of anilines is 1. The summed E-state index contributed by atoms with van der Waals surface area (Å²) in [4.78, 5) is 64.7. The summed E-state index contributed by atoms with van der Waals surface area (Å²) in [5, 5.41) is 12.1. The fourth-order valence-electron chi connectivity index (χ4n) is 4.39. The normalized spacial score (nSPS) is 13.0. The fraction of sp³-hybridized carbons (Fsp3) is 0.0667. The van der Waals surface area contributed by atoms with Crippen LogP contribution in [0.5, 0.6) is 5.75 Å². The van der Waals surface area contributed by atoms with E-state index in [4.69, 9.17) is 21.1 Å². The van der Waals surface area contributed by atoms with Gasteiger partial charge in [0.25, 0.3) is 17.5 Å². The minimum atomic E-state index is -1.33. The zero-order valence-corrected chi connectivity index (χ0v) is 22.0. The first-order valence-corrected chi connectivity index (χ1v) is 12.5. The maximum Gasteiger partial charge on any atom is 0.339 e. The second-order valence-electron chi connectivity index (χ2n) is 8.89. The van der Waals surface area contributed by atoms with E-state index >= 15 is 0 Å². The molecule has 0 fully saturated rings. The lowest BCUT2D eigenvalue weighted by Crippen LogP contribution is -2.30. The van der Waals surface area contributed by atoms with Crippen LogP contribution in [0.1, 0.15) is 53.1 Å². The number of hydrogen-bond donors (Lipinski definition) is 0. The number of methoxy groups -OCH3 is 1. The molecular formula is C30H19ClN2O8. The third kappa shape index (κ3) is 5.15. The molecule has 0 unspecified atom stereocenters. The highest BCUT2D eigenvalue weighted by Gasteiger charge is 2.40.